The summed E-state index contributed by atoms with van der Waals surface area (Å²) >= 11 is 0. The van der Waals surface area contributed by atoms with Crippen LogP contribution in [0.15, 0.2) is 53.6 Å². The van der Waals surface area contributed by atoms with Crippen molar-refractivity contribution in [2.24, 2.45) is 0 Å². The summed E-state index contributed by atoms with van der Waals surface area (Å²) in [7, 11) is -1.70. The lowest BCUT2D eigenvalue weighted by molar-refractivity contribution is 0.580. The van der Waals surface area contributed by atoms with E-state index < -0.39 is 10.0 Å². The molecule has 2 N–H and O–H groups in total. The Balaban J connectivity index is 2.12. The first kappa shape index (κ1) is 14.6. The summed E-state index contributed by atoms with van der Waals surface area (Å²) in [4.78, 5) is 4.35. The van der Waals surface area contributed by atoms with Crippen LogP contribution in [0.5, 0.6) is 0 Å². The molecule has 0 spiro atoms. The molecule has 6 heteroatoms. The molecule has 0 unspecified atom stereocenters. The summed E-state index contributed by atoms with van der Waals surface area (Å²) in [5, 5.41) is 3.00. The van der Waals surface area contributed by atoms with Crippen molar-refractivity contribution in [3.63, 3.8) is 0 Å². The van der Waals surface area contributed by atoms with Crippen LogP contribution in [0.3, 0.4) is 0 Å². The lowest BCUT2D eigenvalue weighted by Crippen LogP contribution is -2.24. The van der Waals surface area contributed by atoms with E-state index in [4.69, 9.17) is 0 Å². The minimum atomic E-state index is -3.52. The van der Waals surface area contributed by atoms with Gasteiger partial charge in [-0.05, 0) is 36.9 Å². The molecule has 0 aliphatic rings. The van der Waals surface area contributed by atoms with Gasteiger partial charge in [0, 0.05) is 12.7 Å². The van der Waals surface area contributed by atoms with E-state index >= 15 is 0 Å². The Labute approximate surface area is 119 Å². The van der Waals surface area contributed by atoms with Crippen molar-refractivity contribution >= 4 is 10.0 Å². The molecule has 0 bridgehead atoms. The number of nitrogens with zero attached hydrogens (tertiary/aromatic N) is 1. The smallest absolute Gasteiger partial charge is 0.240 e. The summed E-state index contributed by atoms with van der Waals surface area (Å²) in [6.07, 6.45) is 1.64. The minimum Gasteiger partial charge on any atom is -0.316 e. The van der Waals surface area contributed by atoms with Crippen LogP contribution in [0.4, 0.5) is 0 Å². The average molecular weight is 291 g/mol. The Morgan fingerprint density at radius 1 is 1.10 bits per heavy atom. The number of benzene rings is 1. The first-order valence-corrected chi connectivity index (χ1v) is 7.73. The SMILES string of the molecule is CNCc1cccc(S(=O)(=O)NCc2ccccn2)c1. The van der Waals surface area contributed by atoms with E-state index in [1.165, 1.54) is 0 Å². The normalized spacial score (nSPS) is 11.4. The molecule has 0 saturated carbocycles. The molecular weight excluding hydrogens is 274 g/mol. The lowest BCUT2D eigenvalue weighted by Gasteiger charge is -2.08. The molecule has 20 heavy (non-hydrogen) atoms. The van der Waals surface area contributed by atoms with Gasteiger partial charge in [0.2, 0.25) is 10.0 Å². The Hall–Kier alpha value is -1.76. The van der Waals surface area contributed by atoms with Crippen molar-refractivity contribution in [1.29, 1.82) is 0 Å². The van der Waals surface area contributed by atoms with E-state index in [0.717, 1.165) is 5.56 Å². The Bertz CT molecular complexity index is 657. The van der Waals surface area contributed by atoms with Gasteiger partial charge in [-0.3, -0.25) is 4.98 Å². The molecule has 0 atom stereocenters. The molecule has 5 nitrogen and oxygen atoms in total. The summed E-state index contributed by atoms with van der Waals surface area (Å²) < 4.78 is 27.0. The zero-order chi connectivity index (χ0) is 14.4. The van der Waals surface area contributed by atoms with Gasteiger partial charge >= 0.3 is 0 Å². The highest BCUT2D eigenvalue weighted by Crippen LogP contribution is 2.11. The number of hydrogen-bond acceptors (Lipinski definition) is 4. The number of rotatable bonds is 6. The van der Waals surface area contributed by atoms with Crippen LogP contribution in [0.25, 0.3) is 0 Å². The third kappa shape index (κ3) is 3.86. The second-order valence-electron chi connectivity index (χ2n) is 4.32. The minimum absolute atomic E-state index is 0.180. The van der Waals surface area contributed by atoms with E-state index in [1.807, 2.05) is 19.2 Å². The van der Waals surface area contributed by atoms with Crippen LogP contribution < -0.4 is 10.0 Å². The van der Waals surface area contributed by atoms with Crippen LogP contribution in [0, 0.1) is 0 Å². The fourth-order valence-corrected chi connectivity index (χ4v) is 2.85. The van der Waals surface area contributed by atoms with Gasteiger partial charge < -0.3 is 5.32 Å². The summed E-state index contributed by atoms with van der Waals surface area (Å²) in [6.45, 7) is 0.809. The number of sulfonamides is 1. The largest absolute Gasteiger partial charge is 0.316 e. The van der Waals surface area contributed by atoms with E-state index in [9.17, 15) is 8.42 Å². The predicted molar refractivity (Wildman–Crippen MR) is 77.5 cm³/mol. The average Bonchev–Trinajstić information content (AvgIpc) is 2.47. The molecule has 0 saturated heterocycles. The van der Waals surface area contributed by atoms with Crippen molar-refractivity contribution in [2.45, 2.75) is 18.0 Å². The van der Waals surface area contributed by atoms with Gasteiger partial charge in [0.25, 0.3) is 0 Å². The highest BCUT2D eigenvalue weighted by molar-refractivity contribution is 7.89. The van der Waals surface area contributed by atoms with Gasteiger partial charge in [-0.25, -0.2) is 13.1 Å². The molecule has 1 heterocycles. The first-order valence-electron chi connectivity index (χ1n) is 6.25. The molecular formula is C14H17N3O2S. The highest BCUT2D eigenvalue weighted by atomic mass is 32.2. The van der Waals surface area contributed by atoms with Gasteiger partial charge in [0.15, 0.2) is 0 Å². The predicted octanol–water partition coefficient (Wildman–Crippen LogP) is 1.28. The van der Waals surface area contributed by atoms with Gasteiger partial charge in [-0.1, -0.05) is 18.2 Å². The maximum Gasteiger partial charge on any atom is 0.240 e. The lowest BCUT2D eigenvalue weighted by atomic mass is 10.2. The Morgan fingerprint density at radius 3 is 2.65 bits per heavy atom. The number of hydrogen-bond donors (Lipinski definition) is 2. The maximum absolute atomic E-state index is 12.2. The molecule has 2 rings (SSSR count). The molecule has 0 aliphatic heterocycles. The summed E-state index contributed by atoms with van der Waals surface area (Å²) in [5.74, 6) is 0. The molecule has 0 amide bonds. The van der Waals surface area contributed by atoms with Crippen molar-refractivity contribution in [1.82, 2.24) is 15.0 Å². The monoisotopic (exact) mass is 291 g/mol. The van der Waals surface area contributed by atoms with Crippen molar-refractivity contribution in [2.75, 3.05) is 7.05 Å². The molecule has 1 aromatic carbocycles. The van der Waals surface area contributed by atoms with Gasteiger partial charge in [0.1, 0.15) is 0 Å². The van der Waals surface area contributed by atoms with Gasteiger partial charge in [0.05, 0.1) is 17.1 Å². The van der Waals surface area contributed by atoms with Crippen LogP contribution in [0.1, 0.15) is 11.3 Å². The standard InChI is InChI=1S/C14H17N3O2S/c1-15-10-12-5-4-7-14(9-12)20(18,19)17-11-13-6-2-3-8-16-13/h2-9,15,17H,10-11H2,1H3. The highest BCUT2D eigenvalue weighted by Gasteiger charge is 2.14. The molecule has 1 aromatic heterocycles. The van der Waals surface area contributed by atoms with Crippen molar-refractivity contribution in [3.05, 3.63) is 59.9 Å². The summed E-state index contributed by atoms with van der Waals surface area (Å²) in [6, 6.07) is 12.3. The Morgan fingerprint density at radius 2 is 1.95 bits per heavy atom. The van der Waals surface area contributed by atoms with E-state index in [0.29, 0.717) is 12.2 Å². The van der Waals surface area contributed by atoms with E-state index in [1.54, 1.807) is 36.5 Å². The molecule has 106 valence electrons. The van der Waals surface area contributed by atoms with E-state index in [-0.39, 0.29) is 11.4 Å². The van der Waals surface area contributed by atoms with E-state index in [2.05, 4.69) is 15.0 Å². The van der Waals surface area contributed by atoms with Crippen molar-refractivity contribution < 1.29 is 8.42 Å². The number of pyridine rings is 1. The third-order valence-electron chi connectivity index (χ3n) is 2.76. The number of nitrogens with one attached hydrogen (secondary N) is 2. The van der Waals surface area contributed by atoms with Crippen LogP contribution in [-0.4, -0.2) is 20.4 Å². The maximum atomic E-state index is 12.2. The molecule has 0 radical (unpaired) electrons. The second kappa shape index (κ2) is 6.60. The molecule has 0 aliphatic carbocycles. The zero-order valence-corrected chi connectivity index (χ0v) is 12.0. The zero-order valence-electron chi connectivity index (χ0n) is 11.2. The second-order valence-corrected chi connectivity index (χ2v) is 6.09. The van der Waals surface area contributed by atoms with Crippen LogP contribution in [0.2, 0.25) is 0 Å². The topological polar surface area (TPSA) is 71.1 Å². The number of aromatic nitrogens is 1. The fraction of sp³-hybridized carbons (Fsp3) is 0.214. The van der Waals surface area contributed by atoms with Gasteiger partial charge in [-0.15, -0.1) is 0 Å². The van der Waals surface area contributed by atoms with Crippen molar-refractivity contribution in [3.8, 4) is 0 Å². The first-order chi connectivity index (χ1) is 9.62. The van der Waals surface area contributed by atoms with Crippen LogP contribution in [-0.2, 0) is 23.1 Å². The Kier molecular flexibility index (Phi) is 4.84. The molecule has 2 aromatic rings. The quantitative estimate of drug-likeness (QED) is 0.841. The van der Waals surface area contributed by atoms with Crippen LogP contribution >= 0.6 is 0 Å². The fourth-order valence-electron chi connectivity index (χ4n) is 1.78. The molecule has 0 fully saturated rings. The third-order valence-corrected chi connectivity index (χ3v) is 4.16. The van der Waals surface area contributed by atoms with Gasteiger partial charge in [-0.2, -0.15) is 0 Å². The summed E-state index contributed by atoms with van der Waals surface area (Å²) in [5.41, 5.74) is 1.61.